The second-order valence-corrected chi connectivity index (χ2v) is 4.36. The van der Waals surface area contributed by atoms with Crippen molar-refractivity contribution in [3.8, 4) is 5.88 Å². The molecule has 0 aromatic carbocycles. The second-order valence-electron chi connectivity index (χ2n) is 4.36. The van der Waals surface area contributed by atoms with Gasteiger partial charge in [-0.25, -0.2) is 4.68 Å². The van der Waals surface area contributed by atoms with Crippen LogP contribution >= 0.6 is 0 Å². The third kappa shape index (κ3) is 2.08. The number of nitrogen functional groups attached to an aromatic ring is 1. The molecule has 2 rings (SSSR count). The predicted molar refractivity (Wildman–Crippen MR) is 59.8 cm³/mol. The minimum Gasteiger partial charge on any atom is -0.476 e. The first kappa shape index (κ1) is 10.3. The molecule has 2 N–H and O–H groups in total. The van der Waals surface area contributed by atoms with Crippen LogP contribution in [-0.4, -0.2) is 16.4 Å². The Hall–Kier alpha value is -1.19. The molecule has 1 aliphatic carbocycles. The van der Waals surface area contributed by atoms with E-state index in [4.69, 9.17) is 10.5 Å². The lowest BCUT2D eigenvalue weighted by Gasteiger charge is -2.24. The zero-order valence-corrected chi connectivity index (χ0v) is 9.49. The standard InChI is InChI=1S/C11H19N3O/c1-8-10(12)11(14(2)13-8)15-7-6-9-4-3-5-9/h9H,3-7,12H2,1-2H3. The molecule has 4 heteroatoms. The first-order chi connectivity index (χ1) is 7.18. The van der Waals surface area contributed by atoms with Gasteiger partial charge in [0.2, 0.25) is 5.88 Å². The van der Waals surface area contributed by atoms with Crippen LogP contribution < -0.4 is 10.5 Å². The van der Waals surface area contributed by atoms with Gasteiger partial charge >= 0.3 is 0 Å². The summed E-state index contributed by atoms with van der Waals surface area (Å²) in [5.74, 6) is 1.59. The van der Waals surface area contributed by atoms with Gasteiger partial charge in [-0.15, -0.1) is 0 Å². The van der Waals surface area contributed by atoms with Crippen LogP contribution in [0.3, 0.4) is 0 Å². The molecule has 0 amide bonds. The molecule has 0 aliphatic heterocycles. The van der Waals surface area contributed by atoms with Gasteiger partial charge in [-0.05, 0) is 19.3 Å². The molecular formula is C11H19N3O. The smallest absolute Gasteiger partial charge is 0.235 e. The van der Waals surface area contributed by atoms with E-state index in [-0.39, 0.29) is 0 Å². The van der Waals surface area contributed by atoms with Crippen LogP contribution in [0.4, 0.5) is 5.69 Å². The van der Waals surface area contributed by atoms with E-state index in [1.54, 1.807) is 4.68 Å². The molecule has 0 unspecified atom stereocenters. The zero-order chi connectivity index (χ0) is 10.8. The molecule has 1 heterocycles. The zero-order valence-electron chi connectivity index (χ0n) is 9.49. The van der Waals surface area contributed by atoms with Crippen LogP contribution in [0.25, 0.3) is 0 Å². The maximum Gasteiger partial charge on any atom is 0.235 e. The average molecular weight is 209 g/mol. The summed E-state index contributed by atoms with van der Waals surface area (Å²) in [5, 5.41) is 4.21. The lowest BCUT2D eigenvalue weighted by Crippen LogP contribution is -2.15. The average Bonchev–Trinajstić information content (AvgIpc) is 2.35. The fraction of sp³-hybridized carbons (Fsp3) is 0.727. The van der Waals surface area contributed by atoms with Crippen LogP contribution in [0, 0.1) is 12.8 Å². The van der Waals surface area contributed by atoms with Crippen molar-refractivity contribution in [1.29, 1.82) is 0 Å². The minimum absolute atomic E-state index is 0.672. The number of nitrogens with zero attached hydrogens (tertiary/aromatic N) is 2. The quantitative estimate of drug-likeness (QED) is 0.823. The van der Waals surface area contributed by atoms with Gasteiger partial charge in [0, 0.05) is 7.05 Å². The van der Waals surface area contributed by atoms with E-state index in [2.05, 4.69) is 5.10 Å². The second kappa shape index (κ2) is 4.13. The largest absolute Gasteiger partial charge is 0.476 e. The van der Waals surface area contributed by atoms with Crippen LogP contribution in [-0.2, 0) is 7.05 Å². The van der Waals surface area contributed by atoms with Crippen molar-refractivity contribution in [3.05, 3.63) is 5.69 Å². The molecule has 1 aliphatic rings. The summed E-state index contributed by atoms with van der Waals surface area (Å²) in [6, 6.07) is 0. The summed E-state index contributed by atoms with van der Waals surface area (Å²) in [4.78, 5) is 0. The number of ether oxygens (including phenoxy) is 1. The molecule has 4 nitrogen and oxygen atoms in total. The van der Waals surface area contributed by atoms with Crippen LogP contribution in [0.15, 0.2) is 0 Å². The molecule has 0 saturated heterocycles. The first-order valence-corrected chi connectivity index (χ1v) is 5.60. The molecule has 0 bridgehead atoms. The topological polar surface area (TPSA) is 53.1 Å². The van der Waals surface area contributed by atoms with Gasteiger partial charge in [0.1, 0.15) is 5.69 Å². The molecule has 1 aromatic heterocycles. The van der Waals surface area contributed by atoms with E-state index in [1.807, 2.05) is 14.0 Å². The van der Waals surface area contributed by atoms with Gasteiger partial charge in [0.25, 0.3) is 0 Å². The molecule has 1 fully saturated rings. The summed E-state index contributed by atoms with van der Waals surface area (Å²) < 4.78 is 7.38. The Morgan fingerprint density at radius 3 is 2.73 bits per heavy atom. The predicted octanol–water partition coefficient (Wildman–Crippen LogP) is 1.88. The molecule has 1 aromatic rings. The Balaban J connectivity index is 1.86. The molecule has 1 saturated carbocycles. The highest BCUT2D eigenvalue weighted by molar-refractivity contribution is 5.52. The van der Waals surface area contributed by atoms with Crippen molar-refractivity contribution in [2.45, 2.75) is 32.6 Å². The van der Waals surface area contributed by atoms with Crippen LogP contribution in [0.1, 0.15) is 31.4 Å². The molecular weight excluding hydrogens is 190 g/mol. The summed E-state index contributed by atoms with van der Waals surface area (Å²) in [5.41, 5.74) is 7.37. The Bertz CT molecular complexity index is 342. The summed E-state index contributed by atoms with van der Waals surface area (Å²) in [7, 11) is 1.86. The Morgan fingerprint density at radius 2 is 2.27 bits per heavy atom. The van der Waals surface area contributed by atoms with Gasteiger partial charge in [0.05, 0.1) is 12.3 Å². The Kier molecular flexibility index (Phi) is 2.84. The lowest BCUT2D eigenvalue weighted by molar-refractivity contribution is 0.212. The third-order valence-corrected chi connectivity index (χ3v) is 3.20. The number of nitrogens with two attached hydrogens (primary N) is 1. The van der Waals surface area contributed by atoms with E-state index >= 15 is 0 Å². The monoisotopic (exact) mass is 209 g/mol. The van der Waals surface area contributed by atoms with Gasteiger partial charge in [-0.1, -0.05) is 19.3 Å². The number of aryl methyl sites for hydroxylation is 2. The van der Waals surface area contributed by atoms with E-state index in [0.29, 0.717) is 11.6 Å². The van der Waals surface area contributed by atoms with E-state index in [1.165, 1.54) is 19.3 Å². The van der Waals surface area contributed by atoms with Gasteiger partial charge in [-0.2, -0.15) is 5.10 Å². The fourth-order valence-corrected chi connectivity index (χ4v) is 1.93. The normalized spacial score (nSPS) is 16.4. The number of hydrogen-bond acceptors (Lipinski definition) is 3. The van der Waals surface area contributed by atoms with Crippen LogP contribution in [0.2, 0.25) is 0 Å². The number of hydrogen-bond donors (Lipinski definition) is 1. The van der Waals surface area contributed by atoms with E-state index < -0.39 is 0 Å². The van der Waals surface area contributed by atoms with Crippen molar-refractivity contribution in [1.82, 2.24) is 9.78 Å². The minimum atomic E-state index is 0.672. The van der Waals surface area contributed by atoms with Crippen LogP contribution in [0.5, 0.6) is 5.88 Å². The van der Waals surface area contributed by atoms with Gasteiger partial charge in [0.15, 0.2) is 0 Å². The summed E-state index contributed by atoms with van der Waals surface area (Å²) in [6.07, 6.45) is 5.26. The fourth-order valence-electron chi connectivity index (χ4n) is 1.93. The highest BCUT2D eigenvalue weighted by atomic mass is 16.5. The maximum absolute atomic E-state index is 5.86. The maximum atomic E-state index is 5.86. The number of anilines is 1. The van der Waals surface area contributed by atoms with Crippen molar-refractivity contribution in [3.63, 3.8) is 0 Å². The molecule has 0 radical (unpaired) electrons. The summed E-state index contributed by atoms with van der Waals surface area (Å²) >= 11 is 0. The third-order valence-electron chi connectivity index (χ3n) is 3.20. The van der Waals surface area contributed by atoms with Crippen molar-refractivity contribution < 1.29 is 4.74 Å². The Morgan fingerprint density at radius 1 is 1.53 bits per heavy atom. The highest BCUT2D eigenvalue weighted by Gasteiger charge is 2.18. The van der Waals surface area contributed by atoms with E-state index in [9.17, 15) is 0 Å². The number of rotatable bonds is 4. The number of aromatic nitrogens is 2. The summed E-state index contributed by atoms with van der Waals surface area (Å²) in [6.45, 7) is 2.65. The van der Waals surface area contributed by atoms with Crippen molar-refractivity contribution >= 4 is 5.69 Å². The van der Waals surface area contributed by atoms with Crippen molar-refractivity contribution in [2.75, 3.05) is 12.3 Å². The SMILES string of the molecule is Cc1nn(C)c(OCCC2CCC2)c1N. The first-order valence-electron chi connectivity index (χ1n) is 5.60. The Labute approximate surface area is 90.4 Å². The van der Waals surface area contributed by atoms with Gasteiger partial charge < -0.3 is 10.5 Å². The highest BCUT2D eigenvalue weighted by Crippen LogP contribution is 2.30. The van der Waals surface area contributed by atoms with E-state index in [0.717, 1.165) is 24.6 Å². The molecule has 0 spiro atoms. The molecule has 0 atom stereocenters. The lowest BCUT2D eigenvalue weighted by atomic mass is 9.83. The van der Waals surface area contributed by atoms with Crippen molar-refractivity contribution in [2.24, 2.45) is 13.0 Å². The molecule has 84 valence electrons. The molecule has 15 heavy (non-hydrogen) atoms. The van der Waals surface area contributed by atoms with Gasteiger partial charge in [-0.3, -0.25) is 0 Å².